The zero-order chi connectivity index (χ0) is 14.7. The van der Waals surface area contributed by atoms with Crippen LogP contribution in [0.4, 0.5) is 5.69 Å². The van der Waals surface area contributed by atoms with E-state index in [-0.39, 0.29) is 0 Å². The van der Waals surface area contributed by atoms with Gasteiger partial charge in [0.1, 0.15) is 0 Å². The molecule has 3 heterocycles. The van der Waals surface area contributed by atoms with Gasteiger partial charge in [-0.1, -0.05) is 0 Å². The van der Waals surface area contributed by atoms with Gasteiger partial charge in [-0.3, -0.25) is 9.97 Å². The molecule has 0 aliphatic carbocycles. The summed E-state index contributed by atoms with van der Waals surface area (Å²) in [5, 5.41) is 1.14. The van der Waals surface area contributed by atoms with E-state index in [2.05, 4.69) is 34.8 Å². The van der Waals surface area contributed by atoms with Crippen molar-refractivity contribution >= 4 is 16.6 Å². The standard InChI is InChI=1S/C17H18N4/c1-3-21(4-2)17-11-15(13-5-8-18-9-6-13)20-16-12-19-10-7-14(16)17/h5-12H,3-4H2,1-2H3. The number of pyridine rings is 3. The lowest BCUT2D eigenvalue weighted by Gasteiger charge is -2.23. The van der Waals surface area contributed by atoms with E-state index >= 15 is 0 Å². The molecule has 0 bridgehead atoms. The topological polar surface area (TPSA) is 41.9 Å². The minimum Gasteiger partial charge on any atom is -0.371 e. The highest BCUT2D eigenvalue weighted by atomic mass is 15.1. The molecule has 0 saturated heterocycles. The molecule has 0 aromatic carbocycles. The Morgan fingerprint density at radius 3 is 2.38 bits per heavy atom. The van der Waals surface area contributed by atoms with E-state index in [0.717, 1.165) is 35.2 Å². The first kappa shape index (κ1) is 13.5. The fourth-order valence-corrected chi connectivity index (χ4v) is 2.56. The van der Waals surface area contributed by atoms with Crippen molar-refractivity contribution in [2.45, 2.75) is 13.8 Å². The number of fused-ring (bicyclic) bond motifs is 1. The Balaban J connectivity index is 2.24. The van der Waals surface area contributed by atoms with Crippen LogP contribution < -0.4 is 4.90 Å². The maximum atomic E-state index is 4.74. The van der Waals surface area contributed by atoms with Gasteiger partial charge in [-0.25, -0.2) is 4.98 Å². The van der Waals surface area contributed by atoms with Gasteiger partial charge in [0, 0.05) is 48.3 Å². The average molecular weight is 278 g/mol. The van der Waals surface area contributed by atoms with Crippen LogP contribution in [0.1, 0.15) is 13.8 Å². The molecule has 0 atom stereocenters. The van der Waals surface area contributed by atoms with E-state index in [4.69, 9.17) is 4.98 Å². The Hall–Kier alpha value is -2.49. The largest absolute Gasteiger partial charge is 0.371 e. The van der Waals surface area contributed by atoms with Gasteiger partial charge in [-0.15, -0.1) is 0 Å². The Morgan fingerprint density at radius 2 is 1.67 bits per heavy atom. The van der Waals surface area contributed by atoms with E-state index in [1.165, 1.54) is 5.69 Å². The van der Waals surface area contributed by atoms with Crippen LogP contribution in [0, 0.1) is 0 Å². The molecule has 21 heavy (non-hydrogen) atoms. The van der Waals surface area contributed by atoms with Gasteiger partial charge < -0.3 is 4.90 Å². The highest BCUT2D eigenvalue weighted by Crippen LogP contribution is 2.30. The van der Waals surface area contributed by atoms with Crippen molar-refractivity contribution in [1.29, 1.82) is 0 Å². The normalized spacial score (nSPS) is 10.8. The van der Waals surface area contributed by atoms with Gasteiger partial charge in [0.05, 0.1) is 17.4 Å². The smallest absolute Gasteiger partial charge is 0.0913 e. The van der Waals surface area contributed by atoms with Crippen LogP contribution in [-0.4, -0.2) is 28.0 Å². The molecule has 0 aliphatic heterocycles. The van der Waals surface area contributed by atoms with Gasteiger partial charge >= 0.3 is 0 Å². The van der Waals surface area contributed by atoms with Crippen molar-refractivity contribution in [3.8, 4) is 11.3 Å². The molecule has 0 aliphatic rings. The molecule has 0 N–H and O–H groups in total. The molecule has 4 heteroatoms. The minimum absolute atomic E-state index is 0.925. The SMILES string of the molecule is CCN(CC)c1cc(-c2ccncc2)nc2cnccc12. The van der Waals surface area contributed by atoms with Crippen LogP contribution in [0.15, 0.2) is 49.1 Å². The van der Waals surface area contributed by atoms with Gasteiger partial charge in [0.2, 0.25) is 0 Å². The van der Waals surface area contributed by atoms with Gasteiger partial charge in [0.15, 0.2) is 0 Å². The predicted molar refractivity (Wildman–Crippen MR) is 86.3 cm³/mol. The van der Waals surface area contributed by atoms with E-state index in [9.17, 15) is 0 Å². The van der Waals surface area contributed by atoms with Crippen LogP contribution in [0.3, 0.4) is 0 Å². The summed E-state index contributed by atoms with van der Waals surface area (Å²) in [6, 6.07) is 8.16. The molecule has 106 valence electrons. The Kier molecular flexibility index (Phi) is 3.77. The lowest BCUT2D eigenvalue weighted by atomic mass is 10.1. The Labute approximate surface area is 124 Å². The second kappa shape index (κ2) is 5.87. The van der Waals surface area contributed by atoms with E-state index in [1.807, 2.05) is 30.6 Å². The van der Waals surface area contributed by atoms with Crippen molar-refractivity contribution in [3.05, 3.63) is 49.1 Å². The van der Waals surface area contributed by atoms with Crippen LogP contribution in [0.5, 0.6) is 0 Å². The summed E-state index contributed by atoms with van der Waals surface area (Å²) in [4.78, 5) is 15.4. The average Bonchev–Trinajstić information content (AvgIpc) is 2.56. The Morgan fingerprint density at radius 1 is 0.952 bits per heavy atom. The second-order valence-electron chi connectivity index (χ2n) is 4.83. The minimum atomic E-state index is 0.925. The fraction of sp³-hybridized carbons (Fsp3) is 0.235. The number of rotatable bonds is 4. The predicted octanol–water partition coefficient (Wildman–Crippen LogP) is 3.54. The number of hydrogen-bond donors (Lipinski definition) is 0. The molecular formula is C17H18N4. The quantitative estimate of drug-likeness (QED) is 0.732. The first-order chi connectivity index (χ1) is 10.3. The third kappa shape index (κ3) is 2.57. The molecule has 4 nitrogen and oxygen atoms in total. The maximum Gasteiger partial charge on any atom is 0.0913 e. The fourth-order valence-electron chi connectivity index (χ4n) is 2.56. The molecule has 3 aromatic heterocycles. The monoisotopic (exact) mass is 278 g/mol. The van der Waals surface area contributed by atoms with E-state index in [0.29, 0.717) is 0 Å². The number of nitrogens with zero attached hydrogens (tertiary/aromatic N) is 4. The molecule has 0 saturated carbocycles. The lowest BCUT2D eigenvalue weighted by Crippen LogP contribution is -2.22. The molecule has 0 fully saturated rings. The van der Waals surface area contributed by atoms with Crippen LogP contribution >= 0.6 is 0 Å². The lowest BCUT2D eigenvalue weighted by molar-refractivity contribution is 0.870. The van der Waals surface area contributed by atoms with Gasteiger partial charge in [0.25, 0.3) is 0 Å². The highest BCUT2D eigenvalue weighted by Gasteiger charge is 2.11. The van der Waals surface area contributed by atoms with Crippen molar-refractivity contribution in [2.75, 3.05) is 18.0 Å². The molecule has 0 spiro atoms. The number of hydrogen-bond acceptors (Lipinski definition) is 4. The second-order valence-corrected chi connectivity index (χ2v) is 4.83. The van der Waals surface area contributed by atoms with Gasteiger partial charge in [-0.05, 0) is 38.1 Å². The summed E-state index contributed by atoms with van der Waals surface area (Å²) in [7, 11) is 0. The molecule has 0 amide bonds. The molecular weight excluding hydrogens is 260 g/mol. The summed E-state index contributed by atoms with van der Waals surface area (Å²) < 4.78 is 0. The zero-order valence-corrected chi connectivity index (χ0v) is 12.3. The first-order valence-electron chi connectivity index (χ1n) is 7.23. The summed E-state index contributed by atoms with van der Waals surface area (Å²) >= 11 is 0. The molecule has 0 radical (unpaired) electrons. The van der Waals surface area contributed by atoms with Crippen LogP contribution in [0.2, 0.25) is 0 Å². The summed E-state index contributed by atoms with van der Waals surface area (Å²) in [5.74, 6) is 0. The van der Waals surface area contributed by atoms with E-state index < -0.39 is 0 Å². The third-order valence-electron chi connectivity index (χ3n) is 3.67. The summed E-state index contributed by atoms with van der Waals surface area (Å²) in [6.45, 7) is 6.27. The van der Waals surface area contributed by atoms with E-state index in [1.54, 1.807) is 12.4 Å². The zero-order valence-electron chi connectivity index (χ0n) is 12.3. The maximum absolute atomic E-state index is 4.74. The molecule has 3 rings (SSSR count). The summed E-state index contributed by atoms with van der Waals surface area (Å²) in [5.41, 5.74) is 4.16. The number of aromatic nitrogens is 3. The summed E-state index contributed by atoms with van der Waals surface area (Å²) in [6.07, 6.45) is 7.24. The molecule has 0 unspecified atom stereocenters. The van der Waals surface area contributed by atoms with Crippen molar-refractivity contribution in [3.63, 3.8) is 0 Å². The van der Waals surface area contributed by atoms with Crippen molar-refractivity contribution in [2.24, 2.45) is 0 Å². The first-order valence-corrected chi connectivity index (χ1v) is 7.23. The van der Waals surface area contributed by atoms with Crippen molar-refractivity contribution in [1.82, 2.24) is 15.0 Å². The molecule has 3 aromatic rings. The van der Waals surface area contributed by atoms with Gasteiger partial charge in [-0.2, -0.15) is 0 Å². The third-order valence-corrected chi connectivity index (χ3v) is 3.67. The number of anilines is 1. The van der Waals surface area contributed by atoms with Crippen LogP contribution in [0.25, 0.3) is 22.2 Å². The Bertz CT molecular complexity index is 736. The van der Waals surface area contributed by atoms with Crippen LogP contribution in [-0.2, 0) is 0 Å². The van der Waals surface area contributed by atoms with Crippen molar-refractivity contribution < 1.29 is 0 Å². The highest BCUT2D eigenvalue weighted by molar-refractivity contribution is 5.93.